The number of rotatable bonds is 7. The Morgan fingerprint density at radius 3 is 2.37 bits per heavy atom. The molecule has 1 N–H and O–H groups in total. The molecule has 0 aliphatic carbocycles. The fourth-order valence-corrected chi connectivity index (χ4v) is 2.82. The molecule has 19 heavy (non-hydrogen) atoms. The number of carboxylic acid groups (broad SMARTS) is 1. The summed E-state index contributed by atoms with van der Waals surface area (Å²) in [6.07, 6.45) is 1.63. The van der Waals surface area contributed by atoms with Crippen LogP contribution >= 0.6 is 0 Å². The first-order chi connectivity index (χ1) is 8.86. The van der Waals surface area contributed by atoms with Gasteiger partial charge in [0.05, 0.1) is 16.9 Å². The minimum Gasteiger partial charge on any atom is -0.548 e. The summed E-state index contributed by atoms with van der Waals surface area (Å²) in [5.41, 5.74) is 0.932. The van der Waals surface area contributed by atoms with Crippen molar-refractivity contribution >= 4 is 16.0 Å². The Hall–Kier alpha value is -1.40. The summed E-state index contributed by atoms with van der Waals surface area (Å²) in [7, 11) is -3.82. The summed E-state index contributed by atoms with van der Waals surface area (Å²) in [6.45, 7) is 3.75. The summed E-state index contributed by atoms with van der Waals surface area (Å²) < 4.78 is 26.2. The Morgan fingerprint density at radius 2 is 1.89 bits per heavy atom. The van der Waals surface area contributed by atoms with Crippen molar-refractivity contribution in [3.05, 3.63) is 29.8 Å². The van der Waals surface area contributed by atoms with Crippen molar-refractivity contribution in [2.75, 3.05) is 0 Å². The minimum absolute atomic E-state index is 0.0563. The molecule has 6 heteroatoms. The van der Waals surface area contributed by atoms with Crippen LogP contribution in [0.15, 0.2) is 29.2 Å². The standard InChI is InChI=1S/C13H19NO4S/c1-3-4-5-12(13(15)16)14-19(17,18)11-8-6-10(2)7-9-11/h6-9,12,14H,3-5H2,1-2H3,(H,15,16)/p-1/t12-/m1/s1. The molecular formula is C13H18NO4S-. The van der Waals surface area contributed by atoms with Gasteiger partial charge in [-0.05, 0) is 25.5 Å². The fourth-order valence-electron chi connectivity index (χ4n) is 1.61. The van der Waals surface area contributed by atoms with E-state index in [0.717, 1.165) is 12.0 Å². The highest BCUT2D eigenvalue weighted by Gasteiger charge is 2.20. The lowest BCUT2D eigenvalue weighted by atomic mass is 10.1. The lowest BCUT2D eigenvalue weighted by Crippen LogP contribution is -2.47. The Balaban J connectivity index is 2.87. The minimum atomic E-state index is -3.82. The van der Waals surface area contributed by atoms with Crippen molar-refractivity contribution in [1.29, 1.82) is 0 Å². The molecule has 0 aliphatic rings. The maximum absolute atomic E-state index is 12.0. The zero-order valence-corrected chi connectivity index (χ0v) is 11.9. The molecule has 1 aromatic carbocycles. The first-order valence-corrected chi connectivity index (χ1v) is 7.65. The molecule has 106 valence electrons. The van der Waals surface area contributed by atoms with Crippen LogP contribution in [0.4, 0.5) is 0 Å². The van der Waals surface area contributed by atoms with Crippen LogP contribution in [-0.2, 0) is 14.8 Å². The molecule has 0 spiro atoms. The van der Waals surface area contributed by atoms with Gasteiger partial charge in [0.15, 0.2) is 0 Å². The lowest BCUT2D eigenvalue weighted by molar-refractivity contribution is -0.308. The number of hydrogen-bond acceptors (Lipinski definition) is 4. The molecule has 0 amide bonds. The van der Waals surface area contributed by atoms with Crippen LogP contribution in [0.5, 0.6) is 0 Å². The van der Waals surface area contributed by atoms with Crippen LogP contribution in [0.1, 0.15) is 31.7 Å². The normalized spacial score (nSPS) is 13.2. The smallest absolute Gasteiger partial charge is 0.241 e. The molecule has 0 saturated carbocycles. The van der Waals surface area contributed by atoms with E-state index in [2.05, 4.69) is 4.72 Å². The molecule has 1 aromatic rings. The second-order valence-corrected chi connectivity index (χ2v) is 6.16. The molecule has 1 atom stereocenters. The Morgan fingerprint density at radius 1 is 1.32 bits per heavy atom. The molecule has 0 fully saturated rings. The van der Waals surface area contributed by atoms with Crippen LogP contribution < -0.4 is 9.83 Å². The zero-order valence-electron chi connectivity index (χ0n) is 11.0. The fraction of sp³-hybridized carbons (Fsp3) is 0.462. The molecule has 0 radical (unpaired) electrons. The lowest BCUT2D eigenvalue weighted by Gasteiger charge is -2.19. The Labute approximate surface area is 113 Å². The van der Waals surface area contributed by atoms with Crippen LogP contribution in [-0.4, -0.2) is 20.4 Å². The molecule has 0 aliphatic heterocycles. The third-order valence-electron chi connectivity index (χ3n) is 2.76. The second kappa shape index (κ2) is 6.68. The molecule has 0 heterocycles. The topological polar surface area (TPSA) is 86.3 Å². The number of carbonyl (C=O) groups is 1. The number of sulfonamides is 1. The van der Waals surface area contributed by atoms with E-state index in [9.17, 15) is 18.3 Å². The van der Waals surface area contributed by atoms with Crippen molar-refractivity contribution in [2.24, 2.45) is 0 Å². The van der Waals surface area contributed by atoms with Gasteiger partial charge in [-0.25, -0.2) is 13.1 Å². The summed E-state index contributed by atoms with van der Waals surface area (Å²) >= 11 is 0. The number of benzene rings is 1. The van der Waals surface area contributed by atoms with Crippen LogP contribution in [0.2, 0.25) is 0 Å². The number of carbonyl (C=O) groups excluding carboxylic acids is 1. The predicted molar refractivity (Wildman–Crippen MR) is 69.8 cm³/mol. The van der Waals surface area contributed by atoms with Crippen molar-refractivity contribution < 1.29 is 18.3 Å². The maximum Gasteiger partial charge on any atom is 0.241 e. The molecule has 0 saturated heterocycles. The third-order valence-corrected chi connectivity index (χ3v) is 4.25. The van der Waals surface area contributed by atoms with Gasteiger partial charge < -0.3 is 9.90 Å². The first kappa shape index (κ1) is 15.7. The summed E-state index contributed by atoms with van der Waals surface area (Å²) in [5, 5.41) is 10.9. The van der Waals surface area contributed by atoms with Gasteiger partial charge in [-0.15, -0.1) is 0 Å². The molecular weight excluding hydrogens is 266 g/mol. The highest BCUT2D eigenvalue weighted by atomic mass is 32.2. The molecule has 0 unspecified atom stereocenters. The van der Waals surface area contributed by atoms with Gasteiger partial charge in [-0.3, -0.25) is 0 Å². The summed E-state index contributed by atoms with van der Waals surface area (Å²) in [6, 6.07) is 5.03. The number of nitrogens with one attached hydrogen (secondary N) is 1. The highest BCUT2D eigenvalue weighted by Crippen LogP contribution is 2.12. The Kier molecular flexibility index (Phi) is 5.50. The summed E-state index contributed by atoms with van der Waals surface area (Å²) in [5.74, 6) is -1.40. The Bertz CT molecular complexity index is 522. The van der Waals surface area contributed by atoms with E-state index in [-0.39, 0.29) is 11.3 Å². The van der Waals surface area contributed by atoms with Gasteiger partial charge in [0, 0.05) is 0 Å². The maximum atomic E-state index is 12.0. The van der Waals surface area contributed by atoms with Crippen molar-refractivity contribution in [1.82, 2.24) is 4.72 Å². The van der Waals surface area contributed by atoms with Crippen LogP contribution in [0.25, 0.3) is 0 Å². The summed E-state index contributed by atoms with van der Waals surface area (Å²) in [4.78, 5) is 11.0. The largest absolute Gasteiger partial charge is 0.548 e. The van der Waals surface area contributed by atoms with E-state index in [1.807, 2.05) is 13.8 Å². The second-order valence-electron chi connectivity index (χ2n) is 4.45. The van der Waals surface area contributed by atoms with Gasteiger partial charge in [0.1, 0.15) is 0 Å². The van der Waals surface area contributed by atoms with E-state index in [1.165, 1.54) is 12.1 Å². The van der Waals surface area contributed by atoms with Crippen molar-refractivity contribution in [2.45, 2.75) is 44.0 Å². The van der Waals surface area contributed by atoms with Gasteiger partial charge in [-0.2, -0.15) is 0 Å². The first-order valence-electron chi connectivity index (χ1n) is 6.16. The number of unbranched alkanes of at least 4 members (excludes halogenated alkanes) is 1. The van der Waals surface area contributed by atoms with Crippen molar-refractivity contribution in [3.8, 4) is 0 Å². The average molecular weight is 284 g/mol. The average Bonchev–Trinajstić information content (AvgIpc) is 2.34. The van der Waals surface area contributed by atoms with Gasteiger partial charge in [0.25, 0.3) is 0 Å². The monoisotopic (exact) mass is 284 g/mol. The van der Waals surface area contributed by atoms with E-state index >= 15 is 0 Å². The third kappa shape index (κ3) is 4.65. The van der Waals surface area contributed by atoms with E-state index in [1.54, 1.807) is 12.1 Å². The van der Waals surface area contributed by atoms with E-state index < -0.39 is 22.0 Å². The van der Waals surface area contributed by atoms with Crippen LogP contribution in [0.3, 0.4) is 0 Å². The number of aryl methyl sites for hydroxylation is 1. The molecule has 0 aromatic heterocycles. The predicted octanol–water partition coefficient (Wildman–Crippen LogP) is 0.582. The van der Waals surface area contributed by atoms with Crippen molar-refractivity contribution in [3.63, 3.8) is 0 Å². The SMILES string of the molecule is CCCC[C@@H](NS(=O)(=O)c1ccc(C)cc1)C(=O)[O-]. The number of carboxylic acids is 1. The van der Waals surface area contributed by atoms with Gasteiger partial charge in [0.2, 0.25) is 10.0 Å². The van der Waals surface area contributed by atoms with E-state index in [0.29, 0.717) is 6.42 Å². The van der Waals surface area contributed by atoms with Crippen LogP contribution in [0, 0.1) is 6.92 Å². The number of aliphatic carboxylic acids is 1. The van der Waals surface area contributed by atoms with E-state index in [4.69, 9.17) is 0 Å². The highest BCUT2D eigenvalue weighted by molar-refractivity contribution is 7.89. The van der Waals surface area contributed by atoms with Gasteiger partial charge in [-0.1, -0.05) is 37.5 Å². The number of hydrogen-bond donors (Lipinski definition) is 1. The van der Waals surface area contributed by atoms with Gasteiger partial charge >= 0.3 is 0 Å². The quantitative estimate of drug-likeness (QED) is 0.793. The zero-order chi connectivity index (χ0) is 14.5. The molecule has 5 nitrogen and oxygen atoms in total. The molecule has 0 bridgehead atoms. The molecule has 1 rings (SSSR count).